The van der Waals surface area contributed by atoms with Crippen molar-refractivity contribution in [2.45, 2.75) is 57.9 Å². The van der Waals surface area contributed by atoms with Gasteiger partial charge in [0.1, 0.15) is 17.5 Å². The smallest absolute Gasteiger partial charge is 0.343 e. The van der Waals surface area contributed by atoms with Gasteiger partial charge < -0.3 is 39.4 Å². The van der Waals surface area contributed by atoms with E-state index in [-0.39, 0.29) is 30.1 Å². The minimum Gasteiger partial charge on any atom is -0.494 e. The second-order valence-electron chi connectivity index (χ2n) is 12.2. The van der Waals surface area contributed by atoms with Gasteiger partial charge in [-0.3, -0.25) is 9.59 Å². The SMILES string of the molecule is CCCCCCCOc1ccc(C(=O)Oc2ccc(C[C@H](NC(=O)c3ccc(NC(=O)Cc4cc(OC)c(OC)c(OC)c4)cc3)C(=O)O)cc2)cc1. The molecule has 0 saturated heterocycles. The van der Waals surface area contributed by atoms with Crippen LogP contribution in [0.5, 0.6) is 28.7 Å². The van der Waals surface area contributed by atoms with Crippen LogP contribution in [0.15, 0.2) is 84.9 Å². The molecule has 0 heterocycles. The number of amides is 2. The second-order valence-corrected chi connectivity index (χ2v) is 12.2. The number of nitrogens with one attached hydrogen (secondary N) is 2. The first-order valence-corrected chi connectivity index (χ1v) is 17.4. The molecule has 12 heteroatoms. The van der Waals surface area contributed by atoms with Gasteiger partial charge in [0.25, 0.3) is 5.91 Å². The first-order chi connectivity index (χ1) is 25.6. The number of carbonyl (C=O) groups excluding carboxylic acids is 3. The number of anilines is 1. The minimum absolute atomic E-state index is 0.00949. The van der Waals surface area contributed by atoms with Crippen molar-refractivity contribution in [1.82, 2.24) is 5.32 Å². The highest BCUT2D eigenvalue weighted by Gasteiger charge is 2.22. The number of methoxy groups -OCH3 is 3. The minimum atomic E-state index is -1.23. The number of carbonyl (C=O) groups is 4. The molecule has 0 aliphatic rings. The molecule has 0 unspecified atom stereocenters. The molecule has 0 aromatic heterocycles. The van der Waals surface area contributed by atoms with Gasteiger partial charge in [-0.15, -0.1) is 0 Å². The van der Waals surface area contributed by atoms with Gasteiger partial charge in [-0.2, -0.15) is 0 Å². The Morgan fingerprint density at radius 1 is 0.698 bits per heavy atom. The maximum Gasteiger partial charge on any atom is 0.343 e. The van der Waals surface area contributed by atoms with Crippen LogP contribution in [0.4, 0.5) is 5.69 Å². The van der Waals surface area contributed by atoms with Gasteiger partial charge in [0.15, 0.2) is 11.5 Å². The van der Waals surface area contributed by atoms with Crippen LogP contribution in [0.1, 0.15) is 70.9 Å². The van der Waals surface area contributed by atoms with E-state index in [0.29, 0.717) is 52.0 Å². The zero-order chi connectivity index (χ0) is 38.2. The van der Waals surface area contributed by atoms with E-state index in [9.17, 15) is 24.3 Å². The summed E-state index contributed by atoms with van der Waals surface area (Å²) in [5, 5.41) is 15.2. The van der Waals surface area contributed by atoms with Crippen molar-refractivity contribution in [2.24, 2.45) is 0 Å². The van der Waals surface area contributed by atoms with E-state index in [1.165, 1.54) is 52.7 Å². The number of carboxylic acid groups (broad SMARTS) is 1. The molecular formula is C41H46N2O10. The summed E-state index contributed by atoms with van der Waals surface area (Å²) in [5.74, 6) is -0.416. The Kier molecular flexibility index (Phi) is 15.1. The number of ether oxygens (including phenoxy) is 5. The topological polar surface area (TPSA) is 159 Å². The normalized spacial score (nSPS) is 11.2. The van der Waals surface area contributed by atoms with E-state index in [1.54, 1.807) is 72.8 Å². The predicted molar refractivity (Wildman–Crippen MR) is 200 cm³/mol. The van der Waals surface area contributed by atoms with Crippen molar-refractivity contribution in [3.63, 3.8) is 0 Å². The number of hydrogen-bond acceptors (Lipinski definition) is 9. The third kappa shape index (κ3) is 12.0. The van der Waals surface area contributed by atoms with Crippen LogP contribution in [0.2, 0.25) is 0 Å². The zero-order valence-corrected chi connectivity index (χ0v) is 30.4. The first-order valence-electron chi connectivity index (χ1n) is 17.4. The maximum atomic E-state index is 13.0. The highest BCUT2D eigenvalue weighted by atomic mass is 16.5. The Morgan fingerprint density at radius 2 is 1.30 bits per heavy atom. The Balaban J connectivity index is 1.26. The molecule has 1 atom stereocenters. The van der Waals surface area contributed by atoms with Crippen LogP contribution in [-0.2, 0) is 22.4 Å². The molecular weight excluding hydrogens is 680 g/mol. The molecule has 4 rings (SSSR count). The fourth-order valence-electron chi connectivity index (χ4n) is 5.45. The standard InChI is InChI=1S/C41H46N2O10/c1-5-6-7-8-9-22-52-32-20-14-30(15-21-32)41(48)53-33-18-10-27(11-19-33)23-34(40(46)47)43-39(45)29-12-16-31(17-13-29)42-37(44)26-28-24-35(49-2)38(51-4)36(25-28)50-3/h10-21,24-25,34H,5-9,22-23,26H2,1-4H3,(H,42,44)(H,43,45)(H,46,47)/t34-/m0/s1. The monoisotopic (exact) mass is 726 g/mol. The summed E-state index contributed by atoms with van der Waals surface area (Å²) in [6, 6.07) is 21.4. The van der Waals surface area contributed by atoms with Gasteiger partial charge in [0.2, 0.25) is 11.7 Å². The highest BCUT2D eigenvalue weighted by Crippen LogP contribution is 2.38. The summed E-state index contributed by atoms with van der Waals surface area (Å²) in [7, 11) is 4.47. The quantitative estimate of drug-likeness (QED) is 0.0498. The number of benzene rings is 4. The van der Waals surface area contributed by atoms with Crippen LogP contribution < -0.4 is 34.3 Å². The van der Waals surface area contributed by atoms with Gasteiger partial charge in [0, 0.05) is 17.7 Å². The Morgan fingerprint density at radius 3 is 1.89 bits per heavy atom. The first kappa shape index (κ1) is 39.7. The lowest BCUT2D eigenvalue weighted by molar-refractivity contribution is -0.139. The van der Waals surface area contributed by atoms with E-state index in [2.05, 4.69) is 17.6 Å². The van der Waals surface area contributed by atoms with Crippen molar-refractivity contribution in [1.29, 1.82) is 0 Å². The van der Waals surface area contributed by atoms with Crippen LogP contribution in [0.3, 0.4) is 0 Å². The van der Waals surface area contributed by atoms with Crippen molar-refractivity contribution >= 4 is 29.4 Å². The molecule has 0 saturated carbocycles. The molecule has 0 radical (unpaired) electrons. The fraction of sp³-hybridized carbons (Fsp3) is 0.317. The largest absolute Gasteiger partial charge is 0.494 e. The lowest BCUT2D eigenvalue weighted by Crippen LogP contribution is -2.42. The van der Waals surface area contributed by atoms with Crippen molar-refractivity contribution < 1.29 is 48.0 Å². The third-order valence-corrected chi connectivity index (χ3v) is 8.30. The van der Waals surface area contributed by atoms with Gasteiger partial charge >= 0.3 is 11.9 Å². The average molecular weight is 727 g/mol. The summed E-state index contributed by atoms with van der Waals surface area (Å²) in [5.41, 5.74) is 2.27. The lowest BCUT2D eigenvalue weighted by Gasteiger charge is -2.15. The summed E-state index contributed by atoms with van der Waals surface area (Å²) < 4.78 is 27.3. The van der Waals surface area contributed by atoms with Gasteiger partial charge in [0.05, 0.1) is 39.9 Å². The van der Waals surface area contributed by atoms with E-state index in [0.717, 1.165) is 12.8 Å². The highest BCUT2D eigenvalue weighted by molar-refractivity contribution is 5.98. The summed E-state index contributed by atoms with van der Waals surface area (Å²) >= 11 is 0. The van der Waals surface area contributed by atoms with Gasteiger partial charge in [-0.1, -0.05) is 44.7 Å². The molecule has 0 fully saturated rings. The van der Waals surface area contributed by atoms with E-state index in [4.69, 9.17) is 23.7 Å². The molecule has 2 amide bonds. The predicted octanol–water partition coefficient (Wildman–Crippen LogP) is 6.89. The van der Waals surface area contributed by atoms with Crippen molar-refractivity contribution in [2.75, 3.05) is 33.3 Å². The number of esters is 1. The summed E-state index contributed by atoms with van der Waals surface area (Å²) in [6.45, 7) is 2.80. The second kappa shape index (κ2) is 20.1. The van der Waals surface area contributed by atoms with E-state index in [1.807, 2.05) is 0 Å². The Labute approximate surface area is 309 Å². The van der Waals surface area contributed by atoms with Gasteiger partial charge in [-0.05, 0) is 90.3 Å². The molecule has 0 aliphatic carbocycles. The molecule has 12 nitrogen and oxygen atoms in total. The molecule has 53 heavy (non-hydrogen) atoms. The van der Waals surface area contributed by atoms with Crippen LogP contribution >= 0.6 is 0 Å². The summed E-state index contributed by atoms with van der Waals surface area (Å²) in [4.78, 5) is 50.5. The fourth-order valence-corrected chi connectivity index (χ4v) is 5.45. The van der Waals surface area contributed by atoms with E-state index >= 15 is 0 Å². The molecule has 4 aromatic rings. The average Bonchev–Trinajstić information content (AvgIpc) is 3.16. The number of carboxylic acids is 1. The Bertz CT molecular complexity index is 1800. The zero-order valence-electron chi connectivity index (χ0n) is 30.4. The molecule has 0 spiro atoms. The number of aliphatic carboxylic acids is 1. The number of hydrogen-bond donors (Lipinski definition) is 3. The number of rotatable bonds is 20. The van der Waals surface area contributed by atoms with Crippen molar-refractivity contribution in [3.8, 4) is 28.7 Å². The van der Waals surface area contributed by atoms with Crippen molar-refractivity contribution in [3.05, 3.63) is 107 Å². The van der Waals surface area contributed by atoms with Crippen LogP contribution in [-0.4, -0.2) is 62.8 Å². The molecule has 0 bridgehead atoms. The number of unbranched alkanes of at least 4 members (excludes halogenated alkanes) is 4. The maximum absolute atomic E-state index is 13.0. The third-order valence-electron chi connectivity index (χ3n) is 8.30. The van der Waals surface area contributed by atoms with E-state index < -0.39 is 23.9 Å². The molecule has 3 N–H and O–H groups in total. The summed E-state index contributed by atoms with van der Waals surface area (Å²) in [6.07, 6.45) is 5.74. The molecule has 4 aromatic carbocycles. The Hall–Kier alpha value is -6.04. The molecule has 0 aliphatic heterocycles. The lowest BCUT2D eigenvalue weighted by atomic mass is 10.0. The van der Waals surface area contributed by atoms with Crippen LogP contribution in [0.25, 0.3) is 0 Å². The molecule has 280 valence electrons. The van der Waals surface area contributed by atoms with Crippen LogP contribution in [0, 0.1) is 0 Å². The van der Waals surface area contributed by atoms with Gasteiger partial charge in [-0.25, -0.2) is 9.59 Å².